The van der Waals surface area contributed by atoms with Crippen molar-refractivity contribution in [2.75, 3.05) is 0 Å². The van der Waals surface area contributed by atoms with Crippen molar-refractivity contribution in [3.05, 3.63) is 48.7 Å². The molecule has 0 unspecified atom stereocenters. The SMILES string of the molecule is CC(C)[C@@H](Cn1nnc2ccccc21)NC(=O)C[C@@]1(C)C(=O)N=C2C=CC=CN21. The number of allylic oxidation sites excluding steroid dienone is 2. The third-order valence-electron chi connectivity index (χ3n) is 5.49. The molecule has 1 N–H and O–H groups in total. The summed E-state index contributed by atoms with van der Waals surface area (Å²) < 4.78 is 1.81. The van der Waals surface area contributed by atoms with E-state index in [1.165, 1.54) is 0 Å². The van der Waals surface area contributed by atoms with E-state index in [1.54, 1.807) is 24.1 Å². The van der Waals surface area contributed by atoms with Gasteiger partial charge in [0.05, 0.1) is 24.5 Å². The Morgan fingerprint density at radius 2 is 2.03 bits per heavy atom. The highest BCUT2D eigenvalue weighted by atomic mass is 16.2. The number of hydrogen-bond donors (Lipinski definition) is 1. The van der Waals surface area contributed by atoms with E-state index >= 15 is 0 Å². The molecule has 29 heavy (non-hydrogen) atoms. The molecule has 1 aromatic carbocycles. The van der Waals surface area contributed by atoms with Crippen LogP contribution in [-0.4, -0.2) is 49.1 Å². The van der Waals surface area contributed by atoms with Crippen LogP contribution in [0, 0.1) is 5.92 Å². The summed E-state index contributed by atoms with van der Waals surface area (Å²) >= 11 is 0. The maximum Gasteiger partial charge on any atom is 0.274 e. The molecular weight excluding hydrogens is 368 g/mol. The number of carbonyl (C=O) groups is 2. The zero-order chi connectivity index (χ0) is 20.6. The molecule has 2 aliphatic heterocycles. The molecule has 8 heteroatoms. The molecule has 0 saturated carbocycles. The van der Waals surface area contributed by atoms with E-state index in [1.807, 2.05) is 54.9 Å². The van der Waals surface area contributed by atoms with E-state index in [4.69, 9.17) is 0 Å². The van der Waals surface area contributed by atoms with Gasteiger partial charge in [0.15, 0.2) is 0 Å². The predicted molar refractivity (Wildman–Crippen MR) is 110 cm³/mol. The Morgan fingerprint density at radius 1 is 1.24 bits per heavy atom. The lowest BCUT2D eigenvalue weighted by Crippen LogP contribution is -2.51. The molecule has 3 heterocycles. The third-order valence-corrected chi connectivity index (χ3v) is 5.49. The first-order chi connectivity index (χ1) is 13.9. The summed E-state index contributed by atoms with van der Waals surface area (Å²) in [5, 5.41) is 11.5. The Balaban J connectivity index is 1.48. The zero-order valence-corrected chi connectivity index (χ0v) is 16.7. The average molecular weight is 392 g/mol. The fraction of sp³-hybridized carbons (Fsp3) is 0.381. The van der Waals surface area contributed by atoms with Gasteiger partial charge < -0.3 is 10.2 Å². The second-order valence-corrected chi connectivity index (χ2v) is 7.97. The molecule has 0 saturated heterocycles. The van der Waals surface area contributed by atoms with Crippen LogP contribution in [-0.2, 0) is 16.1 Å². The second kappa shape index (κ2) is 7.27. The first kappa shape index (κ1) is 19.0. The number of benzene rings is 1. The minimum Gasteiger partial charge on any atom is -0.351 e. The van der Waals surface area contributed by atoms with Gasteiger partial charge in [0, 0.05) is 6.20 Å². The van der Waals surface area contributed by atoms with E-state index < -0.39 is 5.54 Å². The van der Waals surface area contributed by atoms with Crippen LogP contribution in [0.15, 0.2) is 53.7 Å². The first-order valence-electron chi connectivity index (χ1n) is 9.73. The molecule has 2 amide bonds. The highest BCUT2D eigenvalue weighted by molar-refractivity contribution is 6.13. The Labute approximate surface area is 169 Å². The summed E-state index contributed by atoms with van der Waals surface area (Å²) in [6.45, 7) is 6.35. The van der Waals surface area contributed by atoms with Crippen LogP contribution in [0.3, 0.4) is 0 Å². The average Bonchev–Trinajstić information content (AvgIpc) is 3.20. The highest BCUT2D eigenvalue weighted by Gasteiger charge is 2.47. The minimum atomic E-state index is -1.01. The third kappa shape index (κ3) is 3.46. The molecule has 2 atom stereocenters. The molecular formula is C21H24N6O2. The van der Waals surface area contributed by atoms with Crippen LogP contribution >= 0.6 is 0 Å². The van der Waals surface area contributed by atoms with Gasteiger partial charge in [-0.25, -0.2) is 4.68 Å². The molecule has 0 bridgehead atoms. The number of hydrogen-bond acceptors (Lipinski definition) is 5. The molecule has 0 radical (unpaired) electrons. The summed E-state index contributed by atoms with van der Waals surface area (Å²) in [5.74, 6) is 0.256. The number of para-hydroxylation sites is 1. The summed E-state index contributed by atoms with van der Waals surface area (Å²) in [6.07, 6.45) is 7.25. The molecule has 150 valence electrons. The van der Waals surface area contributed by atoms with Gasteiger partial charge in [-0.3, -0.25) is 9.59 Å². The van der Waals surface area contributed by atoms with Crippen molar-refractivity contribution in [1.29, 1.82) is 0 Å². The Hall–Kier alpha value is -3.29. The standard InChI is InChI=1S/C21H24N6O2/c1-14(2)16(13-27-17-9-5-4-8-15(17)24-25-27)22-19(28)12-21(3)20(29)23-18-10-6-7-11-26(18)21/h4-11,14,16H,12-13H2,1-3H3,(H,22,28)/t16-,21+/m1/s1. The monoisotopic (exact) mass is 392 g/mol. The highest BCUT2D eigenvalue weighted by Crippen LogP contribution is 2.30. The van der Waals surface area contributed by atoms with Crippen molar-refractivity contribution >= 4 is 28.7 Å². The molecule has 0 fully saturated rings. The van der Waals surface area contributed by atoms with Crippen molar-refractivity contribution in [2.24, 2.45) is 10.9 Å². The molecule has 8 nitrogen and oxygen atoms in total. The van der Waals surface area contributed by atoms with Crippen molar-refractivity contribution < 1.29 is 9.59 Å². The number of nitrogens with one attached hydrogen (secondary N) is 1. The second-order valence-electron chi connectivity index (χ2n) is 7.97. The van der Waals surface area contributed by atoms with Crippen molar-refractivity contribution in [2.45, 2.75) is 45.3 Å². The zero-order valence-electron chi connectivity index (χ0n) is 16.7. The van der Waals surface area contributed by atoms with Gasteiger partial charge in [-0.15, -0.1) is 5.10 Å². The van der Waals surface area contributed by atoms with E-state index in [2.05, 4.69) is 20.6 Å². The largest absolute Gasteiger partial charge is 0.351 e. The van der Waals surface area contributed by atoms with Gasteiger partial charge in [-0.1, -0.05) is 37.3 Å². The number of amides is 2. The van der Waals surface area contributed by atoms with Crippen LogP contribution in [0.4, 0.5) is 0 Å². The van der Waals surface area contributed by atoms with E-state index in [0.717, 1.165) is 11.0 Å². The lowest BCUT2D eigenvalue weighted by Gasteiger charge is -2.33. The van der Waals surface area contributed by atoms with Crippen molar-refractivity contribution in [1.82, 2.24) is 25.2 Å². The van der Waals surface area contributed by atoms with Crippen molar-refractivity contribution in [3.63, 3.8) is 0 Å². The lowest BCUT2D eigenvalue weighted by molar-refractivity contribution is -0.131. The molecule has 2 aliphatic rings. The maximum absolute atomic E-state index is 12.9. The van der Waals surface area contributed by atoms with Crippen LogP contribution in [0.25, 0.3) is 11.0 Å². The number of amidine groups is 1. The molecule has 4 rings (SSSR count). The topological polar surface area (TPSA) is 92.5 Å². The molecule has 0 spiro atoms. The van der Waals surface area contributed by atoms with E-state index in [0.29, 0.717) is 12.4 Å². The van der Waals surface area contributed by atoms with Crippen molar-refractivity contribution in [3.8, 4) is 0 Å². The van der Waals surface area contributed by atoms with Crippen LogP contribution in [0.1, 0.15) is 27.2 Å². The number of aliphatic imine (C=N–C) groups is 1. The Morgan fingerprint density at radius 3 is 2.83 bits per heavy atom. The summed E-state index contributed by atoms with van der Waals surface area (Å²) in [5.41, 5.74) is 0.732. The molecule has 0 aliphatic carbocycles. The lowest BCUT2D eigenvalue weighted by atomic mass is 9.94. The number of rotatable bonds is 6. The van der Waals surface area contributed by atoms with Gasteiger partial charge in [-0.05, 0) is 37.1 Å². The van der Waals surface area contributed by atoms with Crippen LogP contribution < -0.4 is 5.32 Å². The molecule has 1 aromatic heterocycles. The number of aromatic nitrogens is 3. The van der Waals surface area contributed by atoms with Gasteiger partial charge >= 0.3 is 0 Å². The summed E-state index contributed by atoms with van der Waals surface area (Å²) in [7, 11) is 0. The Kier molecular flexibility index (Phi) is 4.77. The maximum atomic E-state index is 12.9. The number of nitrogens with zero attached hydrogens (tertiary/aromatic N) is 5. The number of fused-ring (bicyclic) bond motifs is 2. The summed E-state index contributed by atoms with van der Waals surface area (Å²) in [4.78, 5) is 31.3. The van der Waals surface area contributed by atoms with E-state index in [9.17, 15) is 9.59 Å². The quantitative estimate of drug-likeness (QED) is 0.812. The van der Waals surface area contributed by atoms with Crippen LogP contribution in [0.5, 0.6) is 0 Å². The Bertz CT molecular complexity index is 1050. The van der Waals surface area contributed by atoms with Gasteiger partial charge in [0.1, 0.15) is 16.9 Å². The minimum absolute atomic E-state index is 0.0261. The fourth-order valence-electron chi connectivity index (χ4n) is 3.66. The molecule has 2 aromatic rings. The van der Waals surface area contributed by atoms with Gasteiger partial charge in [0.2, 0.25) is 5.91 Å². The normalized spacial score (nSPS) is 21.6. The first-order valence-corrected chi connectivity index (χ1v) is 9.73. The van der Waals surface area contributed by atoms with Gasteiger partial charge in [-0.2, -0.15) is 4.99 Å². The number of carbonyl (C=O) groups excluding carboxylic acids is 2. The predicted octanol–water partition coefficient (Wildman–Crippen LogP) is 2.05. The summed E-state index contributed by atoms with van der Waals surface area (Å²) in [6, 6.07) is 7.58. The van der Waals surface area contributed by atoms with Gasteiger partial charge in [0.25, 0.3) is 5.91 Å². The smallest absolute Gasteiger partial charge is 0.274 e. The van der Waals surface area contributed by atoms with E-state index in [-0.39, 0.29) is 30.2 Å². The fourth-order valence-corrected chi connectivity index (χ4v) is 3.66. The van der Waals surface area contributed by atoms with Crippen LogP contribution in [0.2, 0.25) is 0 Å².